The van der Waals surface area contributed by atoms with Crippen molar-refractivity contribution in [1.82, 2.24) is 13.7 Å². The van der Waals surface area contributed by atoms with Crippen LogP contribution >= 0.6 is 0 Å². The standard InChI is InChI=1S/C19H20N4O4S/c1-14-2-4-16(12-17(14)28(25,26)23-8-10-27-11-9-23)21-19(24)15-3-5-18-20-6-7-22(18)13-15/h2-7,12-13H,8-11H2,1H3,(H,21,24). The molecule has 1 aliphatic heterocycles. The quantitative estimate of drug-likeness (QED) is 0.722. The molecule has 4 rings (SSSR count). The number of amides is 1. The van der Waals surface area contributed by atoms with E-state index in [2.05, 4.69) is 10.3 Å². The Morgan fingerprint density at radius 3 is 2.75 bits per heavy atom. The molecule has 1 amide bonds. The van der Waals surface area contributed by atoms with Gasteiger partial charge in [0.25, 0.3) is 5.91 Å². The second-order valence-corrected chi connectivity index (χ2v) is 8.47. The van der Waals surface area contributed by atoms with Crippen molar-refractivity contribution in [2.24, 2.45) is 0 Å². The molecule has 1 saturated heterocycles. The average molecular weight is 400 g/mol. The SMILES string of the molecule is Cc1ccc(NC(=O)c2ccc3nccn3c2)cc1S(=O)(=O)N1CCOCC1. The summed E-state index contributed by atoms with van der Waals surface area (Å²) in [5, 5.41) is 2.78. The van der Waals surface area contributed by atoms with E-state index >= 15 is 0 Å². The van der Waals surface area contributed by atoms with Crippen LogP contribution in [0.1, 0.15) is 15.9 Å². The number of aromatic nitrogens is 2. The third-order valence-corrected chi connectivity index (χ3v) is 6.73. The number of benzene rings is 1. The third-order valence-electron chi connectivity index (χ3n) is 4.68. The maximum absolute atomic E-state index is 13.0. The minimum absolute atomic E-state index is 0.192. The fourth-order valence-corrected chi connectivity index (χ4v) is 4.80. The molecule has 1 aliphatic rings. The molecular weight excluding hydrogens is 380 g/mol. The van der Waals surface area contributed by atoms with E-state index in [1.54, 1.807) is 54.2 Å². The lowest BCUT2D eigenvalue weighted by atomic mass is 10.2. The van der Waals surface area contributed by atoms with Crippen LogP contribution in [0.3, 0.4) is 0 Å². The molecule has 0 atom stereocenters. The van der Waals surface area contributed by atoms with Gasteiger partial charge in [0, 0.05) is 37.4 Å². The van der Waals surface area contributed by atoms with Crippen molar-refractivity contribution in [1.29, 1.82) is 0 Å². The third kappa shape index (κ3) is 3.51. The maximum Gasteiger partial charge on any atom is 0.257 e. The predicted octanol–water partition coefficient (Wildman–Crippen LogP) is 1.92. The van der Waals surface area contributed by atoms with Crippen LogP contribution in [-0.2, 0) is 14.8 Å². The molecule has 0 aliphatic carbocycles. The summed E-state index contributed by atoms with van der Waals surface area (Å²) in [6, 6.07) is 8.33. The second kappa shape index (κ2) is 7.34. The smallest absolute Gasteiger partial charge is 0.257 e. The van der Waals surface area contributed by atoms with Gasteiger partial charge >= 0.3 is 0 Å². The fraction of sp³-hybridized carbons (Fsp3) is 0.263. The lowest BCUT2D eigenvalue weighted by Crippen LogP contribution is -2.40. The van der Waals surface area contributed by atoms with Crippen LogP contribution in [0.4, 0.5) is 5.69 Å². The minimum Gasteiger partial charge on any atom is -0.379 e. The molecule has 0 spiro atoms. The molecule has 0 radical (unpaired) electrons. The highest BCUT2D eigenvalue weighted by Gasteiger charge is 2.28. The second-order valence-electron chi connectivity index (χ2n) is 6.56. The monoisotopic (exact) mass is 400 g/mol. The van der Waals surface area contributed by atoms with E-state index < -0.39 is 10.0 Å². The Morgan fingerprint density at radius 2 is 1.96 bits per heavy atom. The highest BCUT2D eigenvalue weighted by molar-refractivity contribution is 7.89. The lowest BCUT2D eigenvalue weighted by molar-refractivity contribution is 0.0730. The highest BCUT2D eigenvalue weighted by atomic mass is 32.2. The van der Waals surface area contributed by atoms with Gasteiger partial charge in [0.15, 0.2) is 0 Å². The van der Waals surface area contributed by atoms with Gasteiger partial charge in [-0.3, -0.25) is 4.79 Å². The van der Waals surface area contributed by atoms with Gasteiger partial charge in [-0.1, -0.05) is 6.07 Å². The van der Waals surface area contributed by atoms with Gasteiger partial charge in [0.1, 0.15) is 5.65 Å². The molecule has 9 heteroatoms. The zero-order valence-corrected chi connectivity index (χ0v) is 16.1. The Hall–Kier alpha value is -2.75. The van der Waals surface area contributed by atoms with Crippen molar-refractivity contribution >= 4 is 27.3 Å². The summed E-state index contributed by atoms with van der Waals surface area (Å²) in [7, 11) is -3.65. The molecule has 1 aromatic carbocycles. The molecule has 0 unspecified atom stereocenters. The van der Waals surface area contributed by atoms with E-state index in [0.29, 0.717) is 43.1 Å². The molecule has 3 aromatic rings. The van der Waals surface area contributed by atoms with Crippen molar-refractivity contribution in [3.05, 3.63) is 60.0 Å². The maximum atomic E-state index is 13.0. The number of carbonyl (C=O) groups is 1. The Kier molecular flexibility index (Phi) is 4.88. The first-order valence-corrected chi connectivity index (χ1v) is 10.3. The number of aryl methyl sites for hydroxylation is 1. The Balaban J connectivity index is 1.60. The van der Waals surface area contributed by atoms with E-state index in [4.69, 9.17) is 4.74 Å². The molecule has 28 heavy (non-hydrogen) atoms. The molecule has 2 aromatic heterocycles. The molecule has 146 valence electrons. The minimum atomic E-state index is -3.65. The van der Waals surface area contributed by atoms with Crippen molar-refractivity contribution in [3.63, 3.8) is 0 Å². The molecule has 0 bridgehead atoms. The number of nitrogens with one attached hydrogen (secondary N) is 1. The predicted molar refractivity (Wildman–Crippen MR) is 104 cm³/mol. The lowest BCUT2D eigenvalue weighted by Gasteiger charge is -2.26. The van der Waals surface area contributed by atoms with Crippen molar-refractivity contribution in [2.45, 2.75) is 11.8 Å². The number of rotatable bonds is 4. The average Bonchev–Trinajstić information content (AvgIpc) is 3.18. The fourth-order valence-electron chi connectivity index (χ4n) is 3.14. The van der Waals surface area contributed by atoms with E-state index in [0.717, 1.165) is 5.65 Å². The van der Waals surface area contributed by atoms with Gasteiger partial charge in [-0.15, -0.1) is 0 Å². The summed E-state index contributed by atoms with van der Waals surface area (Å²) in [5.41, 5.74) is 2.24. The van der Waals surface area contributed by atoms with Crippen LogP contribution in [-0.4, -0.2) is 54.3 Å². The van der Waals surface area contributed by atoms with Crippen LogP contribution in [0, 0.1) is 6.92 Å². The topological polar surface area (TPSA) is 93.0 Å². The number of anilines is 1. The number of morpholine rings is 1. The van der Waals surface area contributed by atoms with Crippen molar-refractivity contribution in [2.75, 3.05) is 31.6 Å². The summed E-state index contributed by atoms with van der Waals surface area (Å²) in [6.07, 6.45) is 5.09. The number of fused-ring (bicyclic) bond motifs is 1. The number of hydrogen-bond donors (Lipinski definition) is 1. The first-order valence-electron chi connectivity index (χ1n) is 8.88. The van der Waals surface area contributed by atoms with Gasteiger partial charge < -0.3 is 14.5 Å². The van der Waals surface area contributed by atoms with Gasteiger partial charge in [0.05, 0.1) is 23.7 Å². The summed E-state index contributed by atoms with van der Waals surface area (Å²) in [4.78, 5) is 16.9. The van der Waals surface area contributed by atoms with Crippen LogP contribution < -0.4 is 5.32 Å². The van der Waals surface area contributed by atoms with Crippen LogP contribution in [0.25, 0.3) is 5.65 Å². The van der Waals surface area contributed by atoms with Crippen molar-refractivity contribution < 1.29 is 17.9 Å². The Labute approximate surface area is 162 Å². The first-order chi connectivity index (χ1) is 13.4. The summed E-state index contributed by atoms with van der Waals surface area (Å²) >= 11 is 0. The summed E-state index contributed by atoms with van der Waals surface area (Å²) < 4.78 is 34.4. The molecule has 1 fully saturated rings. The Bertz CT molecular complexity index is 1130. The highest BCUT2D eigenvalue weighted by Crippen LogP contribution is 2.24. The normalized spacial score (nSPS) is 15.6. The number of ether oxygens (including phenoxy) is 1. The molecule has 0 saturated carbocycles. The number of pyridine rings is 1. The molecular formula is C19H20N4O4S. The zero-order valence-electron chi connectivity index (χ0n) is 15.3. The summed E-state index contributed by atoms with van der Waals surface area (Å²) in [6.45, 7) is 3.15. The molecule has 3 heterocycles. The van der Waals surface area contributed by atoms with Gasteiger partial charge in [0.2, 0.25) is 10.0 Å². The summed E-state index contributed by atoms with van der Waals surface area (Å²) in [5.74, 6) is -0.325. The van der Waals surface area contributed by atoms with E-state index in [9.17, 15) is 13.2 Å². The van der Waals surface area contributed by atoms with Crippen molar-refractivity contribution in [3.8, 4) is 0 Å². The van der Waals surface area contributed by atoms with E-state index in [-0.39, 0.29) is 10.8 Å². The van der Waals surface area contributed by atoms with E-state index in [1.165, 1.54) is 10.4 Å². The number of sulfonamides is 1. The van der Waals surface area contributed by atoms with Crippen LogP contribution in [0.15, 0.2) is 53.8 Å². The van der Waals surface area contributed by atoms with Crippen LogP contribution in [0.2, 0.25) is 0 Å². The molecule has 8 nitrogen and oxygen atoms in total. The number of nitrogens with zero attached hydrogens (tertiary/aromatic N) is 3. The largest absolute Gasteiger partial charge is 0.379 e. The van der Waals surface area contributed by atoms with Gasteiger partial charge in [-0.2, -0.15) is 4.31 Å². The molecule has 1 N–H and O–H groups in total. The number of carbonyl (C=O) groups excluding carboxylic acids is 1. The zero-order chi connectivity index (χ0) is 19.7. The first kappa shape index (κ1) is 18.6. The van der Waals surface area contributed by atoms with Gasteiger partial charge in [-0.05, 0) is 36.8 Å². The number of imidazole rings is 1. The Morgan fingerprint density at radius 1 is 1.18 bits per heavy atom. The van der Waals surface area contributed by atoms with E-state index in [1.807, 2.05) is 0 Å². The number of hydrogen-bond acceptors (Lipinski definition) is 5. The van der Waals surface area contributed by atoms with Gasteiger partial charge in [-0.25, -0.2) is 13.4 Å². The van der Waals surface area contributed by atoms with Crippen LogP contribution in [0.5, 0.6) is 0 Å².